The summed E-state index contributed by atoms with van der Waals surface area (Å²) in [5, 5.41) is 5.90. The molecular weight excluding hydrogens is 268 g/mol. The van der Waals surface area contributed by atoms with Gasteiger partial charge in [0.2, 0.25) is 5.91 Å². The van der Waals surface area contributed by atoms with E-state index in [4.69, 9.17) is 9.47 Å². The number of hydrogen-bond acceptors (Lipinski definition) is 4. The van der Waals surface area contributed by atoms with Crippen LogP contribution in [-0.2, 0) is 9.53 Å². The first kappa shape index (κ1) is 17.2. The molecule has 2 N–H and O–H groups in total. The fourth-order valence-electron chi connectivity index (χ4n) is 1.63. The Labute approximate surface area is 126 Å². The van der Waals surface area contributed by atoms with Gasteiger partial charge in [0, 0.05) is 13.7 Å². The third-order valence-electron chi connectivity index (χ3n) is 2.62. The fourth-order valence-corrected chi connectivity index (χ4v) is 1.63. The Morgan fingerprint density at radius 2 is 2.10 bits per heavy atom. The zero-order valence-corrected chi connectivity index (χ0v) is 12.8. The number of carbonyl (C=O) groups is 1. The molecular formula is C16H24N2O3. The Balaban J connectivity index is 2.42. The van der Waals surface area contributed by atoms with Crippen molar-refractivity contribution in [2.75, 3.05) is 38.7 Å². The van der Waals surface area contributed by atoms with Crippen molar-refractivity contribution in [3.8, 4) is 5.75 Å². The van der Waals surface area contributed by atoms with E-state index < -0.39 is 0 Å². The smallest absolute Gasteiger partial charge is 0.238 e. The Morgan fingerprint density at radius 3 is 2.81 bits per heavy atom. The number of hydrogen-bond donors (Lipinski definition) is 2. The van der Waals surface area contributed by atoms with Gasteiger partial charge < -0.3 is 20.1 Å². The van der Waals surface area contributed by atoms with E-state index in [0.717, 1.165) is 18.5 Å². The summed E-state index contributed by atoms with van der Waals surface area (Å²) in [6.07, 6.45) is 0.877. The van der Waals surface area contributed by atoms with Gasteiger partial charge in [-0.05, 0) is 37.6 Å². The second-order valence-electron chi connectivity index (χ2n) is 4.81. The predicted molar refractivity (Wildman–Crippen MR) is 84.7 cm³/mol. The number of nitrogens with one attached hydrogen (secondary N) is 2. The van der Waals surface area contributed by atoms with Crippen LogP contribution in [0.25, 0.3) is 0 Å². The van der Waals surface area contributed by atoms with Crippen molar-refractivity contribution in [3.63, 3.8) is 0 Å². The summed E-state index contributed by atoms with van der Waals surface area (Å²) in [5.74, 6) is 0.548. The molecule has 1 aromatic carbocycles. The van der Waals surface area contributed by atoms with E-state index in [1.54, 1.807) is 7.11 Å². The summed E-state index contributed by atoms with van der Waals surface area (Å²) in [7, 11) is 1.66. The highest BCUT2D eigenvalue weighted by atomic mass is 16.5. The highest BCUT2D eigenvalue weighted by Gasteiger charge is 2.07. The molecule has 0 saturated carbocycles. The van der Waals surface area contributed by atoms with Crippen molar-refractivity contribution >= 4 is 11.6 Å². The SMILES string of the molecule is C=C(C)COc1ccccc1NC(=O)CNCCCOC. The van der Waals surface area contributed by atoms with E-state index in [9.17, 15) is 4.79 Å². The molecule has 116 valence electrons. The Morgan fingerprint density at radius 1 is 1.33 bits per heavy atom. The summed E-state index contributed by atoms with van der Waals surface area (Å²) in [4.78, 5) is 11.9. The second-order valence-corrected chi connectivity index (χ2v) is 4.81. The van der Waals surface area contributed by atoms with Crippen molar-refractivity contribution in [1.82, 2.24) is 5.32 Å². The van der Waals surface area contributed by atoms with Crippen LogP contribution in [0, 0.1) is 0 Å². The average molecular weight is 292 g/mol. The number of rotatable bonds is 10. The van der Waals surface area contributed by atoms with Crippen molar-refractivity contribution in [3.05, 3.63) is 36.4 Å². The standard InChI is InChI=1S/C16H24N2O3/c1-13(2)12-21-15-8-5-4-7-14(15)18-16(19)11-17-9-6-10-20-3/h4-5,7-8,17H,1,6,9-12H2,2-3H3,(H,18,19). The maximum absolute atomic E-state index is 11.9. The minimum Gasteiger partial charge on any atom is -0.487 e. The molecule has 0 spiro atoms. The zero-order chi connectivity index (χ0) is 15.5. The summed E-state index contributed by atoms with van der Waals surface area (Å²) in [5.41, 5.74) is 1.60. The van der Waals surface area contributed by atoms with Gasteiger partial charge >= 0.3 is 0 Å². The van der Waals surface area contributed by atoms with E-state index in [1.807, 2.05) is 31.2 Å². The van der Waals surface area contributed by atoms with Crippen molar-refractivity contribution in [2.45, 2.75) is 13.3 Å². The van der Waals surface area contributed by atoms with Gasteiger partial charge in [0.25, 0.3) is 0 Å². The molecule has 0 aliphatic rings. The lowest BCUT2D eigenvalue weighted by molar-refractivity contribution is -0.115. The van der Waals surface area contributed by atoms with Crippen LogP contribution < -0.4 is 15.4 Å². The molecule has 1 rings (SSSR count). The van der Waals surface area contributed by atoms with Gasteiger partial charge in [-0.3, -0.25) is 4.79 Å². The number of ether oxygens (including phenoxy) is 2. The molecule has 0 aliphatic carbocycles. The number of carbonyl (C=O) groups excluding carboxylic acids is 1. The second kappa shape index (κ2) is 9.96. The quantitative estimate of drug-likeness (QED) is 0.513. The van der Waals surface area contributed by atoms with E-state index in [2.05, 4.69) is 17.2 Å². The third kappa shape index (κ3) is 7.48. The lowest BCUT2D eigenvalue weighted by atomic mass is 10.3. The van der Waals surface area contributed by atoms with Gasteiger partial charge in [0.15, 0.2) is 0 Å². The minimum atomic E-state index is -0.0983. The molecule has 0 unspecified atom stereocenters. The van der Waals surface area contributed by atoms with Crippen molar-refractivity contribution in [2.24, 2.45) is 0 Å². The number of anilines is 1. The summed E-state index contributed by atoms with van der Waals surface area (Å²) < 4.78 is 10.5. The Hall–Kier alpha value is -1.85. The topological polar surface area (TPSA) is 59.6 Å². The molecule has 0 atom stereocenters. The molecule has 1 aromatic rings. The van der Waals surface area contributed by atoms with Crippen LogP contribution in [0.2, 0.25) is 0 Å². The number of amides is 1. The van der Waals surface area contributed by atoms with Gasteiger partial charge in [0.1, 0.15) is 12.4 Å². The summed E-state index contributed by atoms with van der Waals surface area (Å²) >= 11 is 0. The molecule has 0 saturated heterocycles. The molecule has 0 heterocycles. The Bertz CT molecular complexity index is 461. The molecule has 0 aromatic heterocycles. The van der Waals surface area contributed by atoms with E-state index in [0.29, 0.717) is 24.7 Å². The minimum absolute atomic E-state index is 0.0983. The van der Waals surface area contributed by atoms with Crippen LogP contribution in [0.3, 0.4) is 0 Å². The maximum atomic E-state index is 11.9. The van der Waals surface area contributed by atoms with Crippen LogP contribution >= 0.6 is 0 Å². The van der Waals surface area contributed by atoms with Gasteiger partial charge in [-0.15, -0.1) is 0 Å². The first-order chi connectivity index (χ1) is 10.1. The zero-order valence-electron chi connectivity index (χ0n) is 12.8. The van der Waals surface area contributed by atoms with Gasteiger partial charge in [0.05, 0.1) is 12.2 Å². The Kier molecular flexibility index (Phi) is 8.16. The van der Waals surface area contributed by atoms with Crippen LogP contribution in [-0.4, -0.2) is 39.3 Å². The largest absolute Gasteiger partial charge is 0.487 e. The number of para-hydroxylation sites is 2. The first-order valence-corrected chi connectivity index (χ1v) is 6.99. The van der Waals surface area contributed by atoms with Crippen molar-refractivity contribution in [1.29, 1.82) is 0 Å². The van der Waals surface area contributed by atoms with Crippen LogP contribution in [0.4, 0.5) is 5.69 Å². The number of methoxy groups -OCH3 is 1. The molecule has 0 radical (unpaired) electrons. The fraction of sp³-hybridized carbons (Fsp3) is 0.438. The molecule has 0 aliphatic heterocycles. The number of benzene rings is 1. The van der Waals surface area contributed by atoms with E-state index in [-0.39, 0.29) is 12.5 Å². The van der Waals surface area contributed by atoms with Crippen LogP contribution in [0.15, 0.2) is 36.4 Å². The lowest BCUT2D eigenvalue weighted by Gasteiger charge is -2.12. The van der Waals surface area contributed by atoms with Gasteiger partial charge in [-0.25, -0.2) is 0 Å². The van der Waals surface area contributed by atoms with Gasteiger partial charge in [-0.1, -0.05) is 18.7 Å². The maximum Gasteiger partial charge on any atom is 0.238 e. The normalized spacial score (nSPS) is 10.2. The van der Waals surface area contributed by atoms with Crippen LogP contribution in [0.1, 0.15) is 13.3 Å². The molecule has 5 nitrogen and oxygen atoms in total. The third-order valence-corrected chi connectivity index (χ3v) is 2.62. The van der Waals surface area contributed by atoms with Crippen LogP contribution in [0.5, 0.6) is 5.75 Å². The van der Waals surface area contributed by atoms with Gasteiger partial charge in [-0.2, -0.15) is 0 Å². The molecule has 5 heteroatoms. The highest BCUT2D eigenvalue weighted by Crippen LogP contribution is 2.23. The molecule has 0 fully saturated rings. The van der Waals surface area contributed by atoms with E-state index in [1.165, 1.54) is 0 Å². The lowest BCUT2D eigenvalue weighted by Crippen LogP contribution is -2.29. The molecule has 0 bridgehead atoms. The monoisotopic (exact) mass is 292 g/mol. The first-order valence-electron chi connectivity index (χ1n) is 6.99. The van der Waals surface area contributed by atoms with E-state index >= 15 is 0 Å². The molecule has 1 amide bonds. The highest BCUT2D eigenvalue weighted by molar-refractivity contribution is 5.93. The van der Waals surface area contributed by atoms with Crippen molar-refractivity contribution < 1.29 is 14.3 Å². The summed E-state index contributed by atoms with van der Waals surface area (Å²) in [6, 6.07) is 7.36. The average Bonchev–Trinajstić information content (AvgIpc) is 2.46. The summed E-state index contributed by atoms with van der Waals surface area (Å²) in [6.45, 7) is 7.81. The predicted octanol–water partition coefficient (Wildman–Crippen LogP) is 2.21. The molecule has 21 heavy (non-hydrogen) atoms.